The van der Waals surface area contributed by atoms with Gasteiger partial charge in [0.05, 0.1) is 17.5 Å². The SMILES string of the molecule is Cc1nc(N2CCN(C(=O)c3ccoc3)CC2)cc(-n2cnc(C)c2C)n1. The Bertz CT molecular complexity index is 955. The average molecular weight is 366 g/mol. The van der Waals surface area contributed by atoms with E-state index in [0.29, 0.717) is 24.5 Å². The predicted molar refractivity (Wildman–Crippen MR) is 100 cm³/mol. The van der Waals surface area contributed by atoms with E-state index >= 15 is 0 Å². The van der Waals surface area contributed by atoms with Crippen molar-refractivity contribution in [2.24, 2.45) is 0 Å². The van der Waals surface area contributed by atoms with Crippen LogP contribution in [0.3, 0.4) is 0 Å². The van der Waals surface area contributed by atoms with Crippen molar-refractivity contribution in [3.8, 4) is 5.82 Å². The zero-order chi connectivity index (χ0) is 19.0. The number of piperazine rings is 1. The van der Waals surface area contributed by atoms with Crippen molar-refractivity contribution in [2.75, 3.05) is 31.1 Å². The van der Waals surface area contributed by atoms with Gasteiger partial charge in [0.25, 0.3) is 5.91 Å². The van der Waals surface area contributed by atoms with Crippen LogP contribution in [0.5, 0.6) is 0 Å². The van der Waals surface area contributed by atoms with Gasteiger partial charge in [-0.25, -0.2) is 15.0 Å². The van der Waals surface area contributed by atoms with E-state index in [-0.39, 0.29) is 5.91 Å². The molecule has 3 aromatic heterocycles. The fourth-order valence-corrected chi connectivity index (χ4v) is 3.26. The number of furan rings is 1. The minimum atomic E-state index is 0.00692. The number of amides is 1. The summed E-state index contributed by atoms with van der Waals surface area (Å²) in [5.41, 5.74) is 2.64. The molecule has 8 heteroatoms. The van der Waals surface area contributed by atoms with E-state index in [0.717, 1.165) is 36.1 Å². The van der Waals surface area contributed by atoms with Gasteiger partial charge < -0.3 is 14.2 Å². The Kier molecular flexibility index (Phi) is 4.39. The molecule has 1 aliphatic rings. The molecular formula is C19H22N6O2. The largest absolute Gasteiger partial charge is 0.472 e. The normalized spacial score (nSPS) is 14.6. The summed E-state index contributed by atoms with van der Waals surface area (Å²) in [7, 11) is 0. The first-order valence-electron chi connectivity index (χ1n) is 8.96. The molecule has 1 aliphatic heterocycles. The number of aromatic nitrogens is 4. The smallest absolute Gasteiger partial charge is 0.257 e. The molecule has 0 aromatic carbocycles. The maximum atomic E-state index is 12.4. The second-order valence-electron chi connectivity index (χ2n) is 6.71. The third-order valence-corrected chi connectivity index (χ3v) is 4.97. The number of anilines is 1. The summed E-state index contributed by atoms with van der Waals surface area (Å²) in [6.45, 7) is 8.64. The fourth-order valence-electron chi connectivity index (χ4n) is 3.26. The first kappa shape index (κ1) is 17.3. The lowest BCUT2D eigenvalue weighted by Crippen LogP contribution is -2.49. The molecule has 0 saturated carbocycles. The second-order valence-corrected chi connectivity index (χ2v) is 6.71. The highest BCUT2D eigenvalue weighted by atomic mass is 16.3. The molecule has 0 radical (unpaired) electrons. The highest BCUT2D eigenvalue weighted by Crippen LogP contribution is 2.20. The van der Waals surface area contributed by atoms with Crippen LogP contribution in [0.25, 0.3) is 5.82 Å². The van der Waals surface area contributed by atoms with E-state index in [1.165, 1.54) is 12.5 Å². The lowest BCUT2D eigenvalue weighted by molar-refractivity contribution is 0.0745. The number of imidazole rings is 1. The van der Waals surface area contributed by atoms with Crippen molar-refractivity contribution in [2.45, 2.75) is 20.8 Å². The molecule has 1 saturated heterocycles. The maximum absolute atomic E-state index is 12.4. The molecule has 0 N–H and O–H groups in total. The van der Waals surface area contributed by atoms with Crippen molar-refractivity contribution < 1.29 is 9.21 Å². The fraction of sp³-hybridized carbons (Fsp3) is 0.368. The Balaban J connectivity index is 1.52. The lowest BCUT2D eigenvalue weighted by Gasteiger charge is -2.35. The van der Waals surface area contributed by atoms with Crippen molar-refractivity contribution in [1.29, 1.82) is 0 Å². The van der Waals surface area contributed by atoms with Crippen molar-refractivity contribution in [3.05, 3.63) is 53.8 Å². The van der Waals surface area contributed by atoms with Gasteiger partial charge in [-0.15, -0.1) is 0 Å². The Labute approximate surface area is 157 Å². The van der Waals surface area contributed by atoms with E-state index in [1.807, 2.05) is 36.3 Å². The van der Waals surface area contributed by atoms with Crippen molar-refractivity contribution in [1.82, 2.24) is 24.4 Å². The number of carbonyl (C=O) groups is 1. The Hall–Kier alpha value is -3.16. The number of aryl methyl sites for hydroxylation is 2. The van der Waals surface area contributed by atoms with E-state index in [2.05, 4.69) is 19.9 Å². The van der Waals surface area contributed by atoms with E-state index in [1.54, 1.807) is 12.4 Å². The summed E-state index contributed by atoms with van der Waals surface area (Å²) in [5.74, 6) is 2.41. The van der Waals surface area contributed by atoms with Gasteiger partial charge in [0.2, 0.25) is 0 Å². The number of hydrogen-bond acceptors (Lipinski definition) is 6. The van der Waals surface area contributed by atoms with Gasteiger partial charge >= 0.3 is 0 Å². The van der Waals surface area contributed by atoms with Crippen LogP contribution in [0.15, 0.2) is 35.4 Å². The zero-order valence-corrected chi connectivity index (χ0v) is 15.7. The molecule has 8 nitrogen and oxygen atoms in total. The Morgan fingerprint density at radius 1 is 1.07 bits per heavy atom. The summed E-state index contributed by atoms with van der Waals surface area (Å²) in [5, 5.41) is 0. The van der Waals surface area contributed by atoms with E-state index in [9.17, 15) is 4.79 Å². The Morgan fingerprint density at radius 2 is 1.81 bits per heavy atom. The molecule has 0 aliphatic carbocycles. The zero-order valence-electron chi connectivity index (χ0n) is 15.7. The molecule has 4 rings (SSSR count). The van der Waals surface area contributed by atoms with Crippen LogP contribution in [0.4, 0.5) is 5.82 Å². The van der Waals surface area contributed by atoms with Crippen LogP contribution in [-0.4, -0.2) is 56.5 Å². The van der Waals surface area contributed by atoms with E-state index < -0.39 is 0 Å². The molecule has 1 fully saturated rings. The van der Waals surface area contributed by atoms with Gasteiger partial charge in [-0.2, -0.15) is 0 Å². The molecule has 0 unspecified atom stereocenters. The van der Waals surface area contributed by atoms with Crippen LogP contribution in [0, 0.1) is 20.8 Å². The monoisotopic (exact) mass is 366 g/mol. The number of carbonyl (C=O) groups excluding carboxylic acids is 1. The molecule has 140 valence electrons. The van der Waals surface area contributed by atoms with Crippen LogP contribution < -0.4 is 4.90 Å². The van der Waals surface area contributed by atoms with Crippen LogP contribution in [-0.2, 0) is 0 Å². The first-order chi connectivity index (χ1) is 13.0. The molecular weight excluding hydrogens is 344 g/mol. The van der Waals surface area contributed by atoms with Crippen LogP contribution >= 0.6 is 0 Å². The molecule has 4 heterocycles. The molecule has 1 amide bonds. The van der Waals surface area contributed by atoms with Crippen LogP contribution in [0.1, 0.15) is 27.6 Å². The lowest BCUT2D eigenvalue weighted by atomic mass is 10.2. The number of hydrogen-bond donors (Lipinski definition) is 0. The quantitative estimate of drug-likeness (QED) is 0.707. The summed E-state index contributed by atoms with van der Waals surface area (Å²) < 4.78 is 6.99. The second kappa shape index (κ2) is 6.86. The third-order valence-electron chi connectivity index (χ3n) is 4.97. The minimum Gasteiger partial charge on any atom is -0.472 e. The minimum absolute atomic E-state index is 0.00692. The molecule has 27 heavy (non-hydrogen) atoms. The average Bonchev–Trinajstić information content (AvgIpc) is 3.32. The van der Waals surface area contributed by atoms with Gasteiger partial charge in [-0.1, -0.05) is 0 Å². The predicted octanol–water partition coefficient (Wildman–Crippen LogP) is 2.14. The summed E-state index contributed by atoms with van der Waals surface area (Å²) in [6, 6.07) is 3.68. The topological polar surface area (TPSA) is 80.3 Å². The van der Waals surface area contributed by atoms with E-state index in [4.69, 9.17) is 4.42 Å². The Morgan fingerprint density at radius 3 is 2.44 bits per heavy atom. The molecule has 0 bridgehead atoms. The highest BCUT2D eigenvalue weighted by Gasteiger charge is 2.24. The van der Waals surface area contributed by atoms with Gasteiger partial charge in [0, 0.05) is 37.9 Å². The molecule has 0 atom stereocenters. The summed E-state index contributed by atoms with van der Waals surface area (Å²) in [4.78, 5) is 30.0. The van der Waals surface area contributed by atoms with Gasteiger partial charge in [-0.05, 0) is 26.8 Å². The van der Waals surface area contributed by atoms with Gasteiger partial charge in [-0.3, -0.25) is 9.36 Å². The molecule has 0 spiro atoms. The number of rotatable bonds is 3. The van der Waals surface area contributed by atoms with Crippen LogP contribution in [0.2, 0.25) is 0 Å². The van der Waals surface area contributed by atoms with Gasteiger partial charge in [0.15, 0.2) is 0 Å². The van der Waals surface area contributed by atoms with Crippen molar-refractivity contribution >= 4 is 11.7 Å². The third kappa shape index (κ3) is 3.30. The summed E-state index contributed by atoms with van der Waals surface area (Å²) in [6.07, 6.45) is 4.80. The molecule has 3 aromatic rings. The summed E-state index contributed by atoms with van der Waals surface area (Å²) >= 11 is 0. The van der Waals surface area contributed by atoms with Gasteiger partial charge in [0.1, 0.15) is 30.1 Å². The maximum Gasteiger partial charge on any atom is 0.257 e. The highest BCUT2D eigenvalue weighted by molar-refractivity contribution is 5.94. The van der Waals surface area contributed by atoms with Crippen molar-refractivity contribution in [3.63, 3.8) is 0 Å². The standard InChI is InChI=1S/C19H22N6O2/c1-13-14(2)25(12-20-13)18-10-17(21-15(3)22-18)23-5-7-24(8-6-23)19(26)16-4-9-27-11-16/h4,9-12H,5-8H2,1-3H3. The first-order valence-corrected chi connectivity index (χ1v) is 8.96. The number of nitrogens with zero attached hydrogens (tertiary/aromatic N) is 6.